The first-order chi connectivity index (χ1) is 11.0. The van der Waals surface area contributed by atoms with E-state index in [1.807, 2.05) is 18.7 Å². The number of carbonyl (C=O) groups excluding carboxylic acids is 2. The second kappa shape index (κ2) is 7.99. The maximum atomic E-state index is 12.7. The topological polar surface area (TPSA) is 58.6 Å². The number of piperidine rings is 1. The van der Waals surface area contributed by atoms with Crippen LogP contribution in [0.5, 0.6) is 5.75 Å². The molecule has 1 fully saturated rings. The smallest absolute Gasteiger partial charge is 0.252 e. The fourth-order valence-corrected chi connectivity index (χ4v) is 2.81. The van der Waals surface area contributed by atoms with Gasteiger partial charge in [-0.3, -0.25) is 9.59 Å². The first kappa shape index (κ1) is 17.3. The quantitative estimate of drug-likeness (QED) is 0.907. The summed E-state index contributed by atoms with van der Waals surface area (Å²) in [5.74, 6) is 0.448. The maximum Gasteiger partial charge on any atom is 0.252 e. The molecule has 2 amide bonds. The number of ether oxygens (including phenoxy) is 1. The molecule has 1 aromatic rings. The number of nitrogens with zero attached hydrogens (tertiary/aromatic N) is 1. The lowest BCUT2D eigenvalue weighted by Crippen LogP contribution is -2.52. The molecule has 0 radical (unpaired) electrons. The average molecular weight is 318 g/mol. The van der Waals surface area contributed by atoms with Crippen molar-refractivity contribution in [3.8, 4) is 5.75 Å². The number of nitrogens with one attached hydrogen (secondary N) is 1. The SMILES string of the molecule is COc1cccc(C(=O)N[C@@H](C(=O)N2CCCCC2)C(C)C)c1. The number of rotatable bonds is 5. The molecule has 1 saturated heterocycles. The highest BCUT2D eigenvalue weighted by Crippen LogP contribution is 2.16. The van der Waals surface area contributed by atoms with Crippen LogP contribution in [0.1, 0.15) is 43.5 Å². The molecule has 126 valence electrons. The summed E-state index contributed by atoms with van der Waals surface area (Å²) in [5.41, 5.74) is 0.501. The lowest BCUT2D eigenvalue weighted by molar-refractivity contribution is -0.135. The van der Waals surface area contributed by atoms with E-state index in [-0.39, 0.29) is 17.7 Å². The zero-order valence-electron chi connectivity index (χ0n) is 14.2. The molecule has 1 atom stereocenters. The summed E-state index contributed by atoms with van der Waals surface area (Å²) >= 11 is 0. The van der Waals surface area contributed by atoms with Gasteiger partial charge < -0.3 is 15.0 Å². The van der Waals surface area contributed by atoms with E-state index in [0.29, 0.717) is 11.3 Å². The van der Waals surface area contributed by atoms with Gasteiger partial charge in [0.2, 0.25) is 5.91 Å². The number of amides is 2. The van der Waals surface area contributed by atoms with Crippen molar-refractivity contribution in [1.29, 1.82) is 0 Å². The molecule has 5 nitrogen and oxygen atoms in total. The standard InChI is InChI=1S/C18H26N2O3/c1-13(2)16(18(22)20-10-5-4-6-11-20)19-17(21)14-8-7-9-15(12-14)23-3/h7-9,12-13,16H,4-6,10-11H2,1-3H3,(H,19,21)/t16-/m1/s1. The summed E-state index contributed by atoms with van der Waals surface area (Å²) in [7, 11) is 1.56. The van der Waals surface area contributed by atoms with E-state index < -0.39 is 6.04 Å². The summed E-state index contributed by atoms with van der Waals surface area (Å²) in [4.78, 5) is 27.1. The van der Waals surface area contributed by atoms with Crippen LogP contribution in [0.3, 0.4) is 0 Å². The van der Waals surface area contributed by atoms with Crippen molar-refractivity contribution in [3.05, 3.63) is 29.8 Å². The van der Waals surface area contributed by atoms with Crippen molar-refractivity contribution in [1.82, 2.24) is 10.2 Å². The van der Waals surface area contributed by atoms with Crippen LogP contribution in [0.15, 0.2) is 24.3 Å². The summed E-state index contributed by atoms with van der Waals surface area (Å²) in [6.07, 6.45) is 3.26. The highest BCUT2D eigenvalue weighted by atomic mass is 16.5. The van der Waals surface area contributed by atoms with Crippen LogP contribution in [0, 0.1) is 5.92 Å². The number of hydrogen-bond donors (Lipinski definition) is 1. The van der Waals surface area contributed by atoms with Crippen LogP contribution in [0.25, 0.3) is 0 Å². The molecule has 1 aliphatic heterocycles. The third-order valence-electron chi connectivity index (χ3n) is 4.22. The van der Waals surface area contributed by atoms with Crippen molar-refractivity contribution in [2.24, 2.45) is 5.92 Å². The summed E-state index contributed by atoms with van der Waals surface area (Å²) in [6, 6.07) is 6.46. The van der Waals surface area contributed by atoms with E-state index in [2.05, 4.69) is 5.32 Å². The van der Waals surface area contributed by atoms with E-state index >= 15 is 0 Å². The molecule has 23 heavy (non-hydrogen) atoms. The monoisotopic (exact) mass is 318 g/mol. The third-order valence-corrected chi connectivity index (χ3v) is 4.22. The van der Waals surface area contributed by atoms with Gasteiger partial charge in [-0.05, 0) is 43.4 Å². The molecule has 0 aromatic heterocycles. The Kier molecular flexibility index (Phi) is 6.02. The highest BCUT2D eigenvalue weighted by Gasteiger charge is 2.29. The lowest BCUT2D eigenvalue weighted by atomic mass is 10.0. The number of carbonyl (C=O) groups is 2. The third kappa shape index (κ3) is 4.47. The van der Waals surface area contributed by atoms with E-state index in [1.54, 1.807) is 31.4 Å². The van der Waals surface area contributed by atoms with Gasteiger partial charge >= 0.3 is 0 Å². The number of hydrogen-bond acceptors (Lipinski definition) is 3. The number of likely N-dealkylation sites (tertiary alicyclic amines) is 1. The predicted octanol–water partition coefficient (Wildman–Crippen LogP) is 2.46. The van der Waals surface area contributed by atoms with Crippen molar-refractivity contribution in [3.63, 3.8) is 0 Å². The van der Waals surface area contributed by atoms with Crippen molar-refractivity contribution >= 4 is 11.8 Å². The Labute approximate surface area is 138 Å². The minimum atomic E-state index is -0.494. The molecule has 2 rings (SSSR count). The molecule has 1 aromatic carbocycles. The average Bonchev–Trinajstić information content (AvgIpc) is 2.59. The highest BCUT2D eigenvalue weighted by molar-refractivity contribution is 5.97. The molecule has 5 heteroatoms. The second-order valence-corrected chi connectivity index (χ2v) is 6.31. The maximum absolute atomic E-state index is 12.7. The first-order valence-corrected chi connectivity index (χ1v) is 8.26. The van der Waals surface area contributed by atoms with Gasteiger partial charge in [-0.2, -0.15) is 0 Å². The Morgan fingerprint density at radius 1 is 1.17 bits per heavy atom. The van der Waals surface area contributed by atoms with Crippen LogP contribution < -0.4 is 10.1 Å². The van der Waals surface area contributed by atoms with Crippen LogP contribution in [-0.2, 0) is 4.79 Å². The molecule has 0 spiro atoms. The van der Waals surface area contributed by atoms with E-state index in [4.69, 9.17) is 4.74 Å². The lowest BCUT2D eigenvalue weighted by Gasteiger charge is -2.32. The predicted molar refractivity (Wildman–Crippen MR) is 89.5 cm³/mol. The Balaban J connectivity index is 2.08. The largest absolute Gasteiger partial charge is 0.497 e. The summed E-state index contributed by atoms with van der Waals surface area (Å²) in [5, 5.41) is 2.90. The Morgan fingerprint density at radius 2 is 1.87 bits per heavy atom. The summed E-state index contributed by atoms with van der Waals surface area (Å²) in [6.45, 7) is 5.49. The molecular weight excluding hydrogens is 292 g/mol. The van der Waals surface area contributed by atoms with Gasteiger partial charge in [0.1, 0.15) is 11.8 Å². The number of benzene rings is 1. The van der Waals surface area contributed by atoms with Gasteiger partial charge in [0.15, 0.2) is 0 Å². The fourth-order valence-electron chi connectivity index (χ4n) is 2.81. The Hall–Kier alpha value is -2.04. The second-order valence-electron chi connectivity index (χ2n) is 6.31. The molecule has 0 unspecified atom stereocenters. The van der Waals surface area contributed by atoms with Gasteiger partial charge in [0.05, 0.1) is 7.11 Å². The Bertz CT molecular complexity index is 551. The molecule has 1 N–H and O–H groups in total. The van der Waals surface area contributed by atoms with Gasteiger partial charge in [-0.1, -0.05) is 19.9 Å². The van der Waals surface area contributed by atoms with Crippen molar-refractivity contribution in [2.75, 3.05) is 20.2 Å². The van der Waals surface area contributed by atoms with Crippen molar-refractivity contribution in [2.45, 2.75) is 39.2 Å². The van der Waals surface area contributed by atoms with Gasteiger partial charge in [0, 0.05) is 18.7 Å². The normalized spacial score (nSPS) is 16.1. The molecule has 0 saturated carbocycles. The number of methoxy groups -OCH3 is 1. The van der Waals surface area contributed by atoms with E-state index in [1.165, 1.54) is 6.42 Å². The zero-order valence-corrected chi connectivity index (χ0v) is 14.2. The van der Waals surface area contributed by atoms with Gasteiger partial charge in [0.25, 0.3) is 5.91 Å². The van der Waals surface area contributed by atoms with Crippen LogP contribution >= 0.6 is 0 Å². The minimum Gasteiger partial charge on any atom is -0.497 e. The molecule has 1 aliphatic rings. The molecule has 0 bridgehead atoms. The van der Waals surface area contributed by atoms with Gasteiger partial charge in [-0.25, -0.2) is 0 Å². The van der Waals surface area contributed by atoms with E-state index in [9.17, 15) is 9.59 Å². The van der Waals surface area contributed by atoms with Crippen LogP contribution in [-0.4, -0.2) is 43.0 Å². The zero-order chi connectivity index (χ0) is 16.8. The van der Waals surface area contributed by atoms with Crippen LogP contribution in [0.4, 0.5) is 0 Å². The fraction of sp³-hybridized carbons (Fsp3) is 0.556. The minimum absolute atomic E-state index is 0.0240. The molecule has 1 heterocycles. The first-order valence-electron chi connectivity index (χ1n) is 8.26. The molecular formula is C18H26N2O3. The van der Waals surface area contributed by atoms with Crippen molar-refractivity contribution < 1.29 is 14.3 Å². The Morgan fingerprint density at radius 3 is 2.48 bits per heavy atom. The molecule has 0 aliphatic carbocycles. The van der Waals surface area contributed by atoms with Crippen LogP contribution in [0.2, 0.25) is 0 Å². The summed E-state index contributed by atoms with van der Waals surface area (Å²) < 4.78 is 5.14. The van der Waals surface area contributed by atoms with Gasteiger partial charge in [-0.15, -0.1) is 0 Å². The van der Waals surface area contributed by atoms with E-state index in [0.717, 1.165) is 25.9 Å².